The van der Waals surface area contributed by atoms with E-state index in [4.69, 9.17) is 0 Å². The Morgan fingerprint density at radius 2 is 2.00 bits per heavy atom. The minimum Gasteiger partial charge on any atom is -0.313 e. The molecule has 1 N–H and O–H groups in total. The third-order valence-corrected chi connectivity index (χ3v) is 5.85. The van der Waals surface area contributed by atoms with Crippen molar-refractivity contribution in [1.29, 1.82) is 0 Å². The molecule has 0 radical (unpaired) electrons. The standard InChI is InChI=1S/C17H27NS/c1-4-14-10-11-15(18-5-2)17(12-14)19-16-9-7-6-8-13(16)3/h6-9,14-15,17-18H,4-5,10-12H2,1-3H3. The maximum Gasteiger partial charge on any atom is 0.0251 e. The van der Waals surface area contributed by atoms with E-state index in [9.17, 15) is 0 Å². The smallest absolute Gasteiger partial charge is 0.0251 e. The molecule has 1 aliphatic carbocycles. The van der Waals surface area contributed by atoms with Crippen molar-refractivity contribution >= 4 is 11.8 Å². The summed E-state index contributed by atoms with van der Waals surface area (Å²) in [5.41, 5.74) is 1.42. The van der Waals surface area contributed by atoms with Gasteiger partial charge >= 0.3 is 0 Å². The van der Waals surface area contributed by atoms with E-state index >= 15 is 0 Å². The Morgan fingerprint density at radius 3 is 2.68 bits per heavy atom. The van der Waals surface area contributed by atoms with Crippen LogP contribution in [0, 0.1) is 12.8 Å². The number of hydrogen-bond acceptors (Lipinski definition) is 2. The van der Waals surface area contributed by atoms with E-state index < -0.39 is 0 Å². The Bertz CT molecular complexity index is 391. The van der Waals surface area contributed by atoms with E-state index in [0.717, 1.165) is 17.7 Å². The van der Waals surface area contributed by atoms with Crippen LogP contribution < -0.4 is 5.32 Å². The Labute approximate surface area is 122 Å². The van der Waals surface area contributed by atoms with Crippen LogP contribution in [0.25, 0.3) is 0 Å². The molecule has 0 aromatic heterocycles. The Kier molecular flexibility index (Phi) is 5.77. The van der Waals surface area contributed by atoms with E-state index in [1.165, 1.54) is 36.1 Å². The molecule has 0 saturated heterocycles. The number of benzene rings is 1. The fourth-order valence-corrected chi connectivity index (χ4v) is 4.56. The molecule has 1 aliphatic rings. The van der Waals surface area contributed by atoms with Gasteiger partial charge in [0.2, 0.25) is 0 Å². The van der Waals surface area contributed by atoms with Crippen LogP contribution in [0.2, 0.25) is 0 Å². The zero-order chi connectivity index (χ0) is 13.7. The minimum atomic E-state index is 0.692. The summed E-state index contributed by atoms with van der Waals surface area (Å²) in [6.45, 7) is 7.88. The third kappa shape index (κ3) is 4.00. The molecule has 0 heterocycles. The first-order valence-electron chi connectivity index (χ1n) is 7.70. The van der Waals surface area contributed by atoms with Crippen molar-refractivity contribution in [3.8, 4) is 0 Å². The fourth-order valence-electron chi connectivity index (χ4n) is 3.06. The summed E-state index contributed by atoms with van der Waals surface area (Å²) in [4.78, 5) is 1.46. The van der Waals surface area contributed by atoms with Crippen LogP contribution in [0.4, 0.5) is 0 Å². The van der Waals surface area contributed by atoms with Gasteiger partial charge in [-0.2, -0.15) is 0 Å². The monoisotopic (exact) mass is 277 g/mol. The fraction of sp³-hybridized carbons (Fsp3) is 0.647. The molecule has 0 bridgehead atoms. The Hall–Kier alpha value is -0.470. The van der Waals surface area contributed by atoms with Crippen molar-refractivity contribution in [3.63, 3.8) is 0 Å². The van der Waals surface area contributed by atoms with Gasteiger partial charge in [0.15, 0.2) is 0 Å². The lowest BCUT2D eigenvalue weighted by Gasteiger charge is -2.36. The van der Waals surface area contributed by atoms with Gasteiger partial charge in [-0.3, -0.25) is 0 Å². The molecule has 0 spiro atoms. The summed E-state index contributed by atoms with van der Waals surface area (Å²) in [5, 5.41) is 4.43. The van der Waals surface area contributed by atoms with Crippen LogP contribution >= 0.6 is 11.8 Å². The van der Waals surface area contributed by atoms with Crippen molar-refractivity contribution in [3.05, 3.63) is 29.8 Å². The quantitative estimate of drug-likeness (QED) is 0.841. The van der Waals surface area contributed by atoms with Gasteiger partial charge in [0.25, 0.3) is 0 Å². The highest BCUT2D eigenvalue weighted by atomic mass is 32.2. The zero-order valence-corrected chi connectivity index (χ0v) is 13.3. The normalized spacial score (nSPS) is 27.4. The summed E-state index contributed by atoms with van der Waals surface area (Å²) in [7, 11) is 0. The number of aryl methyl sites for hydroxylation is 1. The molecule has 1 nitrogen and oxygen atoms in total. The molecule has 3 unspecified atom stereocenters. The van der Waals surface area contributed by atoms with Crippen molar-refractivity contribution in [2.75, 3.05) is 6.54 Å². The van der Waals surface area contributed by atoms with Gasteiger partial charge in [-0.1, -0.05) is 38.5 Å². The molecule has 0 amide bonds. The predicted molar refractivity (Wildman–Crippen MR) is 85.9 cm³/mol. The van der Waals surface area contributed by atoms with E-state index in [0.29, 0.717) is 6.04 Å². The highest BCUT2D eigenvalue weighted by Crippen LogP contribution is 2.38. The van der Waals surface area contributed by atoms with Crippen molar-refractivity contribution in [2.45, 2.75) is 62.6 Å². The summed E-state index contributed by atoms with van der Waals surface area (Å²) in [5.74, 6) is 0.927. The first-order chi connectivity index (χ1) is 9.24. The lowest BCUT2D eigenvalue weighted by molar-refractivity contribution is 0.298. The molecule has 1 saturated carbocycles. The van der Waals surface area contributed by atoms with Crippen molar-refractivity contribution in [2.24, 2.45) is 5.92 Å². The van der Waals surface area contributed by atoms with Gasteiger partial charge in [-0.25, -0.2) is 0 Å². The van der Waals surface area contributed by atoms with Crippen molar-refractivity contribution < 1.29 is 0 Å². The van der Waals surface area contributed by atoms with Crippen LogP contribution in [-0.4, -0.2) is 17.8 Å². The average Bonchev–Trinajstić information content (AvgIpc) is 2.43. The summed E-state index contributed by atoms with van der Waals surface area (Å²) in [6.07, 6.45) is 5.45. The topological polar surface area (TPSA) is 12.0 Å². The first kappa shape index (κ1) is 14.9. The van der Waals surface area contributed by atoms with Gasteiger partial charge < -0.3 is 5.32 Å². The maximum atomic E-state index is 3.70. The molecule has 19 heavy (non-hydrogen) atoms. The predicted octanol–water partition coefficient (Wildman–Crippen LogP) is 4.64. The highest BCUT2D eigenvalue weighted by Gasteiger charge is 2.30. The zero-order valence-electron chi connectivity index (χ0n) is 12.5. The summed E-state index contributed by atoms with van der Waals surface area (Å²) in [6, 6.07) is 9.50. The Morgan fingerprint density at radius 1 is 1.21 bits per heavy atom. The lowest BCUT2D eigenvalue weighted by atomic mass is 9.84. The van der Waals surface area contributed by atoms with Gasteiger partial charge in [-0.15, -0.1) is 11.8 Å². The summed E-state index contributed by atoms with van der Waals surface area (Å²) < 4.78 is 0. The maximum absolute atomic E-state index is 3.70. The second-order valence-electron chi connectivity index (χ2n) is 5.67. The van der Waals surface area contributed by atoms with Gasteiger partial charge in [-0.05, 0) is 50.3 Å². The molecule has 3 atom stereocenters. The molecule has 1 aromatic rings. The summed E-state index contributed by atoms with van der Waals surface area (Å²) >= 11 is 2.10. The van der Waals surface area contributed by atoms with E-state index in [1.54, 1.807) is 0 Å². The largest absolute Gasteiger partial charge is 0.313 e. The third-order valence-electron chi connectivity index (χ3n) is 4.32. The molecule has 1 aromatic carbocycles. The molecule has 2 heteroatoms. The first-order valence-corrected chi connectivity index (χ1v) is 8.58. The van der Waals surface area contributed by atoms with Crippen LogP contribution in [0.15, 0.2) is 29.2 Å². The van der Waals surface area contributed by atoms with Gasteiger partial charge in [0.1, 0.15) is 0 Å². The average molecular weight is 277 g/mol. The van der Waals surface area contributed by atoms with E-state index in [-0.39, 0.29) is 0 Å². The molecule has 2 rings (SSSR count). The SMILES string of the molecule is CCNC1CCC(CC)CC1Sc1ccccc1C. The van der Waals surface area contributed by atoms with E-state index in [1.807, 2.05) is 0 Å². The minimum absolute atomic E-state index is 0.692. The second-order valence-corrected chi connectivity index (χ2v) is 6.95. The molecule has 106 valence electrons. The molecule has 0 aliphatic heterocycles. The van der Waals surface area contributed by atoms with E-state index in [2.05, 4.69) is 62.1 Å². The number of hydrogen-bond donors (Lipinski definition) is 1. The Balaban J connectivity index is 2.07. The number of thioether (sulfide) groups is 1. The van der Waals surface area contributed by atoms with Crippen molar-refractivity contribution in [1.82, 2.24) is 5.32 Å². The van der Waals surface area contributed by atoms with Gasteiger partial charge in [0.05, 0.1) is 0 Å². The molecular formula is C17H27NS. The van der Waals surface area contributed by atoms with Crippen LogP contribution in [0.3, 0.4) is 0 Å². The van der Waals surface area contributed by atoms with Gasteiger partial charge in [0, 0.05) is 16.2 Å². The van der Waals surface area contributed by atoms with Crippen LogP contribution in [0.1, 0.15) is 45.1 Å². The molecular weight excluding hydrogens is 250 g/mol. The number of nitrogens with one attached hydrogen (secondary N) is 1. The molecule has 1 fully saturated rings. The lowest BCUT2D eigenvalue weighted by Crippen LogP contribution is -2.42. The number of rotatable bonds is 5. The van der Waals surface area contributed by atoms with Crippen LogP contribution in [-0.2, 0) is 0 Å². The second kappa shape index (κ2) is 7.35. The van der Waals surface area contributed by atoms with Crippen LogP contribution in [0.5, 0.6) is 0 Å². The highest BCUT2D eigenvalue weighted by molar-refractivity contribution is 8.00.